The lowest BCUT2D eigenvalue weighted by Gasteiger charge is -2.25. The van der Waals surface area contributed by atoms with E-state index >= 15 is 0 Å². The molecule has 1 aliphatic rings. The summed E-state index contributed by atoms with van der Waals surface area (Å²) in [5.41, 5.74) is 0. The summed E-state index contributed by atoms with van der Waals surface area (Å²) in [6.07, 6.45) is -10.2. The van der Waals surface area contributed by atoms with Gasteiger partial charge in [-0.25, -0.2) is 17.6 Å². The smallest absolute Gasteiger partial charge is 0.258 e. The fraction of sp³-hybridized carbons (Fsp3) is 1.00. The minimum atomic E-state index is -2.54. The maximum absolute atomic E-state index is 11.9. The van der Waals surface area contributed by atoms with Crippen LogP contribution in [-0.4, -0.2) is 25.4 Å². The van der Waals surface area contributed by atoms with Gasteiger partial charge in [-0.3, -0.25) is 0 Å². The van der Waals surface area contributed by atoms with Crippen LogP contribution >= 0.6 is 0 Å². The van der Waals surface area contributed by atoms with Crippen molar-refractivity contribution >= 4 is 0 Å². The number of alkyl halides is 4. The lowest BCUT2D eigenvalue weighted by Crippen LogP contribution is -2.41. The molecule has 2 nitrogen and oxygen atoms in total. The molecule has 0 amide bonds. The maximum atomic E-state index is 11.9. The first-order valence-electron chi connectivity index (χ1n) is 2.48. The Balaban J connectivity index is 2.46. The lowest BCUT2D eigenvalue weighted by atomic mass is 10.5. The quantitative estimate of drug-likeness (QED) is 0.496. The van der Waals surface area contributed by atoms with Crippen LogP contribution in [0.3, 0.4) is 0 Å². The van der Waals surface area contributed by atoms with Crippen molar-refractivity contribution in [3.8, 4) is 0 Å². The van der Waals surface area contributed by atoms with E-state index in [9.17, 15) is 17.6 Å². The molecule has 0 aromatic rings. The third kappa shape index (κ3) is 1.38. The van der Waals surface area contributed by atoms with Crippen LogP contribution in [0.25, 0.3) is 0 Å². The van der Waals surface area contributed by atoms with Gasteiger partial charge in [-0.05, 0) is 0 Å². The first-order chi connectivity index (χ1) is 4.61. The van der Waals surface area contributed by atoms with Crippen LogP contribution in [0, 0.1) is 0 Å². The zero-order chi connectivity index (χ0) is 7.72. The van der Waals surface area contributed by atoms with E-state index in [0.29, 0.717) is 0 Å². The summed E-state index contributed by atoms with van der Waals surface area (Å²) in [6.45, 7) is 0. The van der Waals surface area contributed by atoms with Crippen LogP contribution in [0.5, 0.6) is 0 Å². The van der Waals surface area contributed by atoms with Gasteiger partial charge >= 0.3 is 0 Å². The number of ether oxygens (including phenoxy) is 2. The van der Waals surface area contributed by atoms with E-state index < -0.39 is 25.4 Å². The summed E-state index contributed by atoms with van der Waals surface area (Å²) >= 11 is 0. The highest BCUT2D eigenvalue weighted by Gasteiger charge is 2.39. The van der Waals surface area contributed by atoms with Crippen LogP contribution in [0.1, 0.15) is 0 Å². The summed E-state index contributed by atoms with van der Waals surface area (Å²) in [5, 5.41) is 0. The van der Waals surface area contributed by atoms with Crippen molar-refractivity contribution in [1.29, 1.82) is 0 Å². The van der Waals surface area contributed by atoms with Crippen molar-refractivity contribution in [1.82, 2.24) is 0 Å². The van der Waals surface area contributed by atoms with Gasteiger partial charge in [0.05, 0.1) is 0 Å². The molecular weight excluding hydrogens is 156 g/mol. The zero-order valence-corrected chi connectivity index (χ0v) is 4.64. The normalized spacial score (nSPS) is 49.2. The molecule has 1 saturated heterocycles. The summed E-state index contributed by atoms with van der Waals surface area (Å²) in [4.78, 5) is 0. The van der Waals surface area contributed by atoms with Gasteiger partial charge in [0.15, 0.2) is 0 Å². The first-order valence-corrected chi connectivity index (χ1v) is 2.48. The van der Waals surface area contributed by atoms with E-state index in [-0.39, 0.29) is 0 Å². The van der Waals surface area contributed by atoms with E-state index in [1.807, 2.05) is 0 Å². The van der Waals surface area contributed by atoms with Gasteiger partial charge in [-0.1, -0.05) is 0 Å². The standard InChI is InChI=1S/C4H4F4O2/c5-1-2(6)10-4(8)3(7)9-1/h1-4H. The molecule has 0 N–H and O–H groups in total. The Hall–Kier alpha value is -0.360. The molecule has 4 unspecified atom stereocenters. The topological polar surface area (TPSA) is 18.5 Å². The van der Waals surface area contributed by atoms with Crippen molar-refractivity contribution in [2.75, 3.05) is 0 Å². The average molecular weight is 160 g/mol. The molecule has 0 aromatic heterocycles. The van der Waals surface area contributed by atoms with Crippen molar-refractivity contribution in [2.45, 2.75) is 25.4 Å². The third-order valence-corrected chi connectivity index (χ3v) is 0.932. The molecule has 0 bridgehead atoms. The van der Waals surface area contributed by atoms with Gasteiger partial charge in [0, 0.05) is 0 Å². The summed E-state index contributed by atoms with van der Waals surface area (Å²) < 4.78 is 54.5. The molecule has 10 heavy (non-hydrogen) atoms. The lowest BCUT2D eigenvalue weighted by molar-refractivity contribution is -0.348. The number of rotatable bonds is 0. The minimum Gasteiger partial charge on any atom is -0.304 e. The van der Waals surface area contributed by atoms with Crippen LogP contribution in [0.2, 0.25) is 0 Å². The Morgan fingerprint density at radius 1 is 0.600 bits per heavy atom. The third-order valence-electron chi connectivity index (χ3n) is 0.932. The fourth-order valence-corrected chi connectivity index (χ4v) is 0.495. The molecule has 60 valence electrons. The Bertz CT molecular complexity index is 95.8. The minimum absolute atomic E-state index is 2.54. The van der Waals surface area contributed by atoms with Gasteiger partial charge in [0.1, 0.15) is 0 Å². The predicted molar refractivity (Wildman–Crippen MR) is 21.8 cm³/mol. The van der Waals surface area contributed by atoms with Crippen molar-refractivity contribution in [2.24, 2.45) is 0 Å². The molecule has 1 heterocycles. The Morgan fingerprint density at radius 2 is 0.800 bits per heavy atom. The maximum Gasteiger partial charge on any atom is 0.258 e. The van der Waals surface area contributed by atoms with Crippen LogP contribution in [-0.2, 0) is 9.47 Å². The largest absolute Gasteiger partial charge is 0.304 e. The SMILES string of the molecule is FC1OC(F)C(F)OC1F. The molecule has 0 radical (unpaired) electrons. The van der Waals surface area contributed by atoms with Gasteiger partial charge < -0.3 is 9.47 Å². The Morgan fingerprint density at radius 3 is 1.00 bits per heavy atom. The highest BCUT2D eigenvalue weighted by molar-refractivity contribution is 4.59. The van der Waals surface area contributed by atoms with Crippen LogP contribution in [0.15, 0.2) is 0 Å². The van der Waals surface area contributed by atoms with Crippen molar-refractivity contribution in [3.63, 3.8) is 0 Å². The Labute approximate surface area is 53.7 Å². The molecule has 1 aliphatic heterocycles. The van der Waals surface area contributed by atoms with Gasteiger partial charge in [-0.15, -0.1) is 0 Å². The van der Waals surface area contributed by atoms with Crippen LogP contribution < -0.4 is 0 Å². The van der Waals surface area contributed by atoms with E-state index in [0.717, 1.165) is 0 Å². The predicted octanol–water partition coefficient (Wildman–Crippen LogP) is 1.22. The second kappa shape index (κ2) is 2.71. The highest BCUT2D eigenvalue weighted by Crippen LogP contribution is 2.23. The molecule has 0 spiro atoms. The summed E-state index contributed by atoms with van der Waals surface area (Å²) in [5.74, 6) is 0. The number of hydrogen-bond acceptors (Lipinski definition) is 2. The van der Waals surface area contributed by atoms with E-state index in [2.05, 4.69) is 9.47 Å². The molecule has 4 atom stereocenters. The fourth-order valence-electron chi connectivity index (χ4n) is 0.495. The second-order valence-corrected chi connectivity index (χ2v) is 1.68. The molecule has 1 fully saturated rings. The Kier molecular flexibility index (Phi) is 2.10. The molecule has 1 rings (SSSR count). The zero-order valence-electron chi connectivity index (χ0n) is 4.64. The van der Waals surface area contributed by atoms with Gasteiger partial charge in [-0.2, -0.15) is 0 Å². The van der Waals surface area contributed by atoms with E-state index in [4.69, 9.17) is 0 Å². The molecular formula is C4H4F4O2. The molecule has 0 aliphatic carbocycles. The van der Waals surface area contributed by atoms with E-state index in [1.165, 1.54) is 0 Å². The van der Waals surface area contributed by atoms with Gasteiger partial charge in [0.25, 0.3) is 25.4 Å². The summed E-state index contributed by atoms with van der Waals surface area (Å²) in [7, 11) is 0. The number of halogens is 4. The van der Waals surface area contributed by atoms with Crippen molar-refractivity contribution < 1.29 is 27.0 Å². The first kappa shape index (κ1) is 7.74. The summed E-state index contributed by atoms with van der Waals surface area (Å²) in [6, 6.07) is 0. The van der Waals surface area contributed by atoms with Crippen molar-refractivity contribution in [3.05, 3.63) is 0 Å². The second-order valence-electron chi connectivity index (χ2n) is 1.68. The highest BCUT2D eigenvalue weighted by atomic mass is 19.2. The van der Waals surface area contributed by atoms with Gasteiger partial charge in [0.2, 0.25) is 0 Å². The monoisotopic (exact) mass is 160 g/mol. The average Bonchev–Trinajstić information content (AvgIpc) is 1.84. The van der Waals surface area contributed by atoms with Crippen LogP contribution in [0.4, 0.5) is 17.6 Å². The molecule has 0 saturated carbocycles. The molecule has 6 heteroatoms. The molecule has 0 aromatic carbocycles. The van der Waals surface area contributed by atoms with E-state index in [1.54, 1.807) is 0 Å². The number of hydrogen-bond donors (Lipinski definition) is 0.